The first-order chi connectivity index (χ1) is 10.1. The quantitative estimate of drug-likeness (QED) is 0.752. The maximum Gasteiger partial charge on any atom is 0.273 e. The Labute approximate surface area is 138 Å². The molecule has 22 heavy (non-hydrogen) atoms. The zero-order valence-corrected chi connectivity index (χ0v) is 14.1. The van der Waals surface area contributed by atoms with E-state index in [4.69, 9.17) is 16.7 Å². The Balaban J connectivity index is 2.38. The highest BCUT2D eigenvalue weighted by Crippen LogP contribution is 2.27. The van der Waals surface area contributed by atoms with Gasteiger partial charge in [-0.05, 0) is 22.0 Å². The summed E-state index contributed by atoms with van der Waals surface area (Å²) < 4.78 is 37.1. The molecular formula is C11H9BrClFN4O3S. The number of carbonyl (C=O) groups is 1. The SMILES string of the molecule is Cn1cc(S(N)(=O)=O)c(Cl)c1C(=O)Nc1cnc(F)c(Br)c1. The Kier molecular flexibility index (Phi) is 4.57. The molecule has 0 fully saturated rings. The highest BCUT2D eigenvalue weighted by atomic mass is 79.9. The third-order valence-electron chi connectivity index (χ3n) is 2.66. The van der Waals surface area contributed by atoms with Gasteiger partial charge in [0.2, 0.25) is 16.0 Å². The van der Waals surface area contributed by atoms with E-state index in [9.17, 15) is 17.6 Å². The Bertz CT molecular complexity index is 868. The van der Waals surface area contributed by atoms with Crippen molar-refractivity contribution in [2.45, 2.75) is 4.90 Å². The summed E-state index contributed by atoms with van der Waals surface area (Å²) >= 11 is 8.84. The first-order valence-electron chi connectivity index (χ1n) is 5.61. The highest BCUT2D eigenvalue weighted by Gasteiger charge is 2.24. The first-order valence-corrected chi connectivity index (χ1v) is 8.33. The van der Waals surface area contributed by atoms with Crippen molar-refractivity contribution in [3.63, 3.8) is 0 Å². The van der Waals surface area contributed by atoms with Gasteiger partial charge in [-0.25, -0.2) is 18.5 Å². The van der Waals surface area contributed by atoms with Crippen molar-refractivity contribution in [3.8, 4) is 0 Å². The Hall–Kier alpha value is -1.49. The predicted molar refractivity (Wildman–Crippen MR) is 81.6 cm³/mol. The van der Waals surface area contributed by atoms with Gasteiger partial charge in [0.15, 0.2) is 0 Å². The summed E-state index contributed by atoms with van der Waals surface area (Å²) in [6.45, 7) is 0. The molecular weight excluding hydrogens is 403 g/mol. The van der Waals surface area contributed by atoms with Crippen molar-refractivity contribution in [1.82, 2.24) is 9.55 Å². The maximum atomic E-state index is 13.0. The average molecular weight is 412 g/mol. The molecule has 1 amide bonds. The van der Waals surface area contributed by atoms with Crippen LogP contribution < -0.4 is 10.5 Å². The highest BCUT2D eigenvalue weighted by molar-refractivity contribution is 9.10. The van der Waals surface area contributed by atoms with Crippen molar-refractivity contribution in [1.29, 1.82) is 0 Å². The number of sulfonamides is 1. The topological polar surface area (TPSA) is 107 Å². The summed E-state index contributed by atoms with van der Waals surface area (Å²) in [6, 6.07) is 1.30. The lowest BCUT2D eigenvalue weighted by Gasteiger charge is -2.07. The number of pyridine rings is 1. The van der Waals surface area contributed by atoms with Crippen molar-refractivity contribution in [2.24, 2.45) is 12.2 Å². The Morgan fingerprint density at radius 2 is 2.18 bits per heavy atom. The number of aryl methyl sites for hydroxylation is 1. The third kappa shape index (κ3) is 3.29. The molecule has 2 rings (SSSR count). The van der Waals surface area contributed by atoms with Crippen LogP contribution in [0.15, 0.2) is 27.8 Å². The fraction of sp³-hybridized carbons (Fsp3) is 0.0909. The van der Waals surface area contributed by atoms with Gasteiger partial charge in [0.25, 0.3) is 5.91 Å². The minimum absolute atomic E-state index is 0.0634. The number of hydrogen-bond acceptors (Lipinski definition) is 4. The number of rotatable bonds is 3. The standard InChI is InChI=1S/C11H9BrClFN4O3S/c1-18-4-7(22(15,20)21)8(13)9(18)11(19)17-5-2-6(12)10(14)16-3-5/h2-4H,1H3,(H,17,19)(H2,15,20,21). The molecule has 0 spiro atoms. The number of anilines is 1. The normalized spacial score (nSPS) is 11.5. The van der Waals surface area contributed by atoms with Gasteiger partial charge < -0.3 is 9.88 Å². The van der Waals surface area contributed by atoms with Gasteiger partial charge in [-0.2, -0.15) is 4.39 Å². The fourth-order valence-corrected chi connectivity index (χ4v) is 3.30. The number of aromatic nitrogens is 2. The summed E-state index contributed by atoms with van der Waals surface area (Å²) in [6.07, 6.45) is 2.24. The summed E-state index contributed by atoms with van der Waals surface area (Å²) in [4.78, 5) is 15.3. The van der Waals surface area contributed by atoms with Gasteiger partial charge in [0.05, 0.1) is 21.4 Å². The molecule has 0 aromatic carbocycles. The number of carbonyl (C=O) groups excluding carboxylic acids is 1. The van der Waals surface area contributed by atoms with Crippen LogP contribution in [0.1, 0.15) is 10.5 Å². The molecule has 0 bridgehead atoms. The number of amides is 1. The molecule has 11 heteroatoms. The van der Waals surface area contributed by atoms with E-state index in [2.05, 4.69) is 26.2 Å². The van der Waals surface area contributed by atoms with Crippen LogP contribution in [0.3, 0.4) is 0 Å². The van der Waals surface area contributed by atoms with Gasteiger partial charge in [0, 0.05) is 13.2 Å². The number of nitrogens with zero attached hydrogens (tertiary/aromatic N) is 2. The van der Waals surface area contributed by atoms with Crippen LogP contribution in [-0.4, -0.2) is 23.9 Å². The van der Waals surface area contributed by atoms with Crippen molar-refractivity contribution in [3.05, 3.63) is 39.6 Å². The van der Waals surface area contributed by atoms with Crippen molar-refractivity contribution >= 4 is 49.1 Å². The fourth-order valence-electron chi connectivity index (χ4n) is 1.71. The summed E-state index contributed by atoms with van der Waals surface area (Å²) in [5, 5.41) is 7.15. The lowest BCUT2D eigenvalue weighted by molar-refractivity contribution is 0.101. The van der Waals surface area contributed by atoms with E-state index in [1.54, 1.807) is 0 Å². The van der Waals surface area contributed by atoms with Gasteiger partial charge in [-0.1, -0.05) is 11.6 Å². The second-order valence-electron chi connectivity index (χ2n) is 4.26. The van der Waals surface area contributed by atoms with Crippen molar-refractivity contribution in [2.75, 3.05) is 5.32 Å². The molecule has 7 nitrogen and oxygen atoms in total. The number of nitrogens with one attached hydrogen (secondary N) is 1. The number of nitrogens with two attached hydrogens (primary N) is 1. The van der Waals surface area contributed by atoms with Gasteiger partial charge in [-0.15, -0.1) is 0 Å². The minimum atomic E-state index is -4.06. The number of primary sulfonamides is 1. The molecule has 118 valence electrons. The molecule has 0 unspecified atom stereocenters. The molecule has 0 atom stereocenters. The summed E-state index contributed by atoms with van der Waals surface area (Å²) in [5.41, 5.74) is 0.0961. The summed E-state index contributed by atoms with van der Waals surface area (Å²) in [7, 11) is -2.62. The van der Waals surface area contributed by atoms with Crippen LogP contribution in [0.2, 0.25) is 5.02 Å². The second kappa shape index (κ2) is 5.95. The lowest BCUT2D eigenvalue weighted by Crippen LogP contribution is -2.16. The van der Waals surface area contributed by atoms with E-state index in [1.807, 2.05) is 0 Å². The predicted octanol–water partition coefficient (Wildman–Crippen LogP) is 1.87. The van der Waals surface area contributed by atoms with E-state index >= 15 is 0 Å². The van der Waals surface area contributed by atoms with Crippen LogP contribution in [0, 0.1) is 5.95 Å². The smallest absolute Gasteiger partial charge is 0.273 e. The second-order valence-corrected chi connectivity index (χ2v) is 7.02. The monoisotopic (exact) mass is 410 g/mol. The van der Waals surface area contributed by atoms with Crippen LogP contribution in [0.5, 0.6) is 0 Å². The van der Waals surface area contributed by atoms with Gasteiger partial charge in [-0.3, -0.25) is 4.79 Å². The number of hydrogen-bond donors (Lipinski definition) is 2. The molecule has 2 aromatic heterocycles. The van der Waals surface area contributed by atoms with Crippen molar-refractivity contribution < 1.29 is 17.6 Å². The molecule has 0 aliphatic carbocycles. The average Bonchev–Trinajstić information content (AvgIpc) is 2.69. The van der Waals surface area contributed by atoms with Crippen LogP contribution in [0.25, 0.3) is 0 Å². The minimum Gasteiger partial charge on any atom is -0.344 e. The molecule has 0 saturated heterocycles. The zero-order valence-electron chi connectivity index (χ0n) is 11.0. The lowest BCUT2D eigenvalue weighted by atomic mass is 10.3. The van der Waals surface area contributed by atoms with Crippen LogP contribution in [-0.2, 0) is 17.1 Å². The zero-order chi connectivity index (χ0) is 16.7. The Morgan fingerprint density at radius 1 is 1.55 bits per heavy atom. The molecule has 3 N–H and O–H groups in total. The molecule has 0 radical (unpaired) electrons. The maximum absolute atomic E-state index is 13.0. The van der Waals surface area contributed by atoms with E-state index in [0.29, 0.717) is 0 Å². The molecule has 2 heterocycles. The third-order valence-corrected chi connectivity index (χ3v) is 4.64. The molecule has 0 aliphatic rings. The van der Waals surface area contributed by atoms with E-state index in [1.165, 1.54) is 17.7 Å². The Morgan fingerprint density at radius 3 is 2.68 bits per heavy atom. The van der Waals surface area contributed by atoms with Gasteiger partial charge in [0.1, 0.15) is 10.6 Å². The van der Waals surface area contributed by atoms with Gasteiger partial charge >= 0.3 is 0 Å². The van der Waals surface area contributed by atoms with E-state index in [0.717, 1.165) is 12.4 Å². The molecule has 0 aliphatic heterocycles. The van der Waals surface area contributed by atoms with Crippen LogP contribution >= 0.6 is 27.5 Å². The number of halogens is 3. The van der Waals surface area contributed by atoms with Crippen LogP contribution in [0.4, 0.5) is 10.1 Å². The summed E-state index contributed by atoms with van der Waals surface area (Å²) in [5.74, 6) is -1.42. The largest absolute Gasteiger partial charge is 0.344 e. The molecule has 0 saturated carbocycles. The van der Waals surface area contributed by atoms with E-state index < -0.39 is 21.9 Å². The van der Waals surface area contributed by atoms with E-state index in [-0.39, 0.29) is 25.8 Å². The first kappa shape index (κ1) is 16.9. The molecule has 2 aromatic rings.